The quantitative estimate of drug-likeness (QED) is 0.573. The van der Waals surface area contributed by atoms with Gasteiger partial charge in [-0.3, -0.25) is 9.59 Å². The van der Waals surface area contributed by atoms with Crippen LogP contribution < -0.4 is 5.56 Å². The number of H-pyrrole nitrogens is 1. The van der Waals surface area contributed by atoms with Crippen LogP contribution in [0.15, 0.2) is 58.2 Å². The van der Waals surface area contributed by atoms with E-state index >= 15 is 0 Å². The van der Waals surface area contributed by atoms with Crippen molar-refractivity contribution >= 4 is 17.5 Å². The molecule has 3 aromatic rings. The van der Waals surface area contributed by atoms with Crippen LogP contribution in [0.25, 0.3) is 0 Å². The summed E-state index contributed by atoms with van der Waals surface area (Å²) < 4.78 is 1.87. The molecule has 0 aliphatic heterocycles. The SMILES string of the molecule is CSc1ccc(C(=O)c2ccc(Cc3ccc(=O)[nH]n3)n2C)cc1. The molecule has 0 fully saturated rings. The maximum Gasteiger partial charge on any atom is 0.264 e. The Kier molecular flexibility index (Phi) is 4.66. The van der Waals surface area contributed by atoms with Crippen LogP contribution in [0.1, 0.15) is 27.4 Å². The fourth-order valence-corrected chi connectivity index (χ4v) is 2.91. The summed E-state index contributed by atoms with van der Waals surface area (Å²) in [6.45, 7) is 0. The highest BCUT2D eigenvalue weighted by atomic mass is 32.2. The molecule has 0 aliphatic rings. The molecule has 0 aliphatic carbocycles. The minimum Gasteiger partial charge on any atom is -0.345 e. The van der Waals surface area contributed by atoms with Gasteiger partial charge >= 0.3 is 0 Å². The van der Waals surface area contributed by atoms with Gasteiger partial charge in [-0.2, -0.15) is 5.10 Å². The smallest absolute Gasteiger partial charge is 0.264 e. The molecule has 122 valence electrons. The summed E-state index contributed by atoms with van der Waals surface area (Å²) in [5, 5.41) is 6.43. The summed E-state index contributed by atoms with van der Waals surface area (Å²) in [5.41, 5.74) is 2.78. The summed E-state index contributed by atoms with van der Waals surface area (Å²) in [6.07, 6.45) is 2.55. The Morgan fingerprint density at radius 2 is 1.88 bits per heavy atom. The number of aromatic amines is 1. The maximum absolute atomic E-state index is 12.7. The Hall–Kier alpha value is -2.60. The first-order valence-electron chi connectivity index (χ1n) is 7.46. The van der Waals surface area contributed by atoms with Gasteiger partial charge in [-0.15, -0.1) is 11.8 Å². The van der Waals surface area contributed by atoms with Crippen molar-refractivity contribution < 1.29 is 4.79 Å². The van der Waals surface area contributed by atoms with Crippen LogP contribution in [0.4, 0.5) is 0 Å². The number of rotatable bonds is 5. The number of benzene rings is 1. The van der Waals surface area contributed by atoms with Crippen LogP contribution in [0, 0.1) is 0 Å². The minimum absolute atomic E-state index is 0.00849. The number of nitrogens with zero attached hydrogens (tertiary/aromatic N) is 2. The second-order valence-electron chi connectivity index (χ2n) is 5.42. The summed E-state index contributed by atoms with van der Waals surface area (Å²) in [4.78, 5) is 24.9. The van der Waals surface area contributed by atoms with Gasteiger partial charge in [-0.25, -0.2) is 5.10 Å². The summed E-state index contributed by atoms with van der Waals surface area (Å²) in [5.74, 6) is -0.00849. The molecule has 5 nitrogen and oxygen atoms in total. The second-order valence-corrected chi connectivity index (χ2v) is 6.30. The van der Waals surface area contributed by atoms with Crippen molar-refractivity contribution in [2.45, 2.75) is 11.3 Å². The summed E-state index contributed by atoms with van der Waals surface area (Å²) in [7, 11) is 1.87. The molecule has 0 unspecified atom stereocenters. The van der Waals surface area contributed by atoms with E-state index < -0.39 is 0 Å². The largest absolute Gasteiger partial charge is 0.345 e. The van der Waals surface area contributed by atoms with E-state index in [1.54, 1.807) is 17.8 Å². The Morgan fingerprint density at radius 3 is 2.50 bits per heavy atom. The molecule has 1 aromatic carbocycles. The first kappa shape index (κ1) is 16.3. The Bertz CT molecular complexity index is 906. The molecular weight excluding hydrogens is 322 g/mol. The number of carbonyl (C=O) groups excluding carboxylic acids is 1. The van der Waals surface area contributed by atoms with E-state index in [1.165, 1.54) is 6.07 Å². The standard InChI is InChI=1S/C18H17N3O2S/c1-21-14(11-13-5-10-17(22)20-19-13)6-9-16(21)18(23)12-3-7-15(24-2)8-4-12/h3-10H,11H2,1-2H3,(H,20,22). The molecule has 0 saturated heterocycles. The lowest BCUT2D eigenvalue weighted by molar-refractivity contribution is 0.103. The van der Waals surface area contributed by atoms with Crippen molar-refractivity contribution in [1.29, 1.82) is 0 Å². The number of aromatic nitrogens is 3. The monoisotopic (exact) mass is 339 g/mol. The molecule has 6 heteroatoms. The van der Waals surface area contributed by atoms with Crippen LogP contribution >= 0.6 is 11.8 Å². The van der Waals surface area contributed by atoms with E-state index in [-0.39, 0.29) is 11.3 Å². The van der Waals surface area contributed by atoms with Crippen molar-refractivity contribution in [3.63, 3.8) is 0 Å². The first-order valence-corrected chi connectivity index (χ1v) is 8.69. The third-order valence-electron chi connectivity index (χ3n) is 3.91. The highest BCUT2D eigenvalue weighted by molar-refractivity contribution is 7.98. The lowest BCUT2D eigenvalue weighted by atomic mass is 10.1. The number of hydrogen-bond donors (Lipinski definition) is 1. The number of thioether (sulfide) groups is 1. The molecule has 2 heterocycles. The molecule has 3 rings (SSSR count). The van der Waals surface area contributed by atoms with Gasteiger partial charge in [0.1, 0.15) is 0 Å². The van der Waals surface area contributed by atoms with Gasteiger partial charge in [0.05, 0.1) is 11.4 Å². The van der Waals surface area contributed by atoms with E-state index in [1.807, 2.05) is 54.3 Å². The molecule has 2 aromatic heterocycles. The Labute approximate surface area is 143 Å². The number of ketones is 1. The molecule has 0 bridgehead atoms. The van der Waals surface area contributed by atoms with Crippen LogP contribution in [-0.4, -0.2) is 26.8 Å². The first-order chi connectivity index (χ1) is 11.6. The zero-order valence-corrected chi connectivity index (χ0v) is 14.3. The van der Waals surface area contributed by atoms with Gasteiger partial charge in [0.15, 0.2) is 0 Å². The zero-order valence-electron chi connectivity index (χ0n) is 13.4. The number of hydrogen-bond acceptors (Lipinski definition) is 4. The third-order valence-corrected chi connectivity index (χ3v) is 4.65. The van der Waals surface area contributed by atoms with Gasteiger partial charge < -0.3 is 4.57 Å². The average Bonchev–Trinajstić information content (AvgIpc) is 2.97. The molecule has 0 amide bonds. The number of nitrogens with one attached hydrogen (secondary N) is 1. The molecule has 0 saturated carbocycles. The molecule has 0 atom stereocenters. The molecule has 0 radical (unpaired) electrons. The van der Waals surface area contributed by atoms with Gasteiger partial charge in [0.2, 0.25) is 5.78 Å². The summed E-state index contributed by atoms with van der Waals surface area (Å²) >= 11 is 1.65. The van der Waals surface area contributed by atoms with Crippen molar-refractivity contribution in [2.75, 3.05) is 6.26 Å². The van der Waals surface area contributed by atoms with Crippen LogP contribution in [0.3, 0.4) is 0 Å². The Morgan fingerprint density at radius 1 is 1.12 bits per heavy atom. The highest BCUT2D eigenvalue weighted by Crippen LogP contribution is 2.19. The third kappa shape index (κ3) is 3.33. The lowest BCUT2D eigenvalue weighted by Gasteiger charge is -2.07. The lowest BCUT2D eigenvalue weighted by Crippen LogP contribution is -2.11. The van der Waals surface area contributed by atoms with E-state index in [9.17, 15) is 9.59 Å². The van der Waals surface area contributed by atoms with Gasteiger partial charge in [0, 0.05) is 35.7 Å². The van der Waals surface area contributed by atoms with E-state index in [4.69, 9.17) is 0 Å². The zero-order chi connectivity index (χ0) is 17.1. The van der Waals surface area contributed by atoms with Gasteiger partial charge in [0.25, 0.3) is 5.56 Å². The fraction of sp³-hybridized carbons (Fsp3) is 0.167. The van der Waals surface area contributed by atoms with Crippen molar-refractivity contribution in [2.24, 2.45) is 7.05 Å². The highest BCUT2D eigenvalue weighted by Gasteiger charge is 2.15. The van der Waals surface area contributed by atoms with Crippen molar-refractivity contribution in [1.82, 2.24) is 14.8 Å². The van der Waals surface area contributed by atoms with E-state index in [2.05, 4.69) is 10.2 Å². The predicted octanol–water partition coefficient (Wildman–Crippen LogP) is 2.65. The Balaban J connectivity index is 1.84. The summed E-state index contributed by atoms with van der Waals surface area (Å²) in [6, 6.07) is 14.5. The second kappa shape index (κ2) is 6.88. The molecule has 24 heavy (non-hydrogen) atoms. The molecule has 0 spiro atoms. The number of carbonyl (C=O) groups is 1. The molecule has 1 N–H and O–H groups in total. The van der Waals surface area contributed by atoms with Crippen molar-refractivity contribution in [3.8, 4) is 0 Å². The minimum atomic E-state index is -0.227. The van der Waals surface area contributed by atoms with Crippen molar-refractivity contribution in [3.05, 3.63) is 81.5 Å². The fourth-order valence-electron chi connectivity index (χ4n) is 2.51. The van der Waals surface area contributed by atoms with Gasteiger partial charge in [-0.05, 0) is 48.7 Å². The topological polar surface area (TPSA) is 67.8 Å². The van der Waals surface area contributed by atoms with E-state index in [0.29, 0.717) is 17.7 Å². The van der Waals surface area contributed by atoms with Crippen LogP contribution in [0.5, 0.6) is 0 Å². The predicted molar refractivity (Wildman–Crippen MR) is 94.7 cm³/mol. The molecular formula is C18H17N3O2S. The van der Waals surface area contributed by atoms with Crippen LogP contribution in [-0.2, 0) is 13.5 Å². The normalized spacial score (nSPS) is 10.8. The van der Waals surface area contributed by atoms with Gasteiger partial charge in [-0.1, -0.05) is 0 Å². The average molecular weight is 339 g/mol. The van der Waals surface area contributed by atoms with Crippen LogP contribution in [0.2, 0.25) is 0 Å². The maximum atomic E-state index is 12.7. The van der Waals surface area contributed by atoms with E-state index in [0.717, 1.165) is 16.3 Å².